The molecule has 0 aliphatic heterocycles. The van der Waals surface area contributed by atoms with Crippen molar-refractivity contribution in [2.24, 2.45) is 0 Å². The Morgan fingerprint density at radius 2 is 0.625 bits per heavy atom. The van der Waals surface area contributed by atoms with Gasteiger partial charge in [-0.2, -0.15) is 0 Å². The van der Waals surface area contributed by atoms with Crippen molar-refractivity contribution in [2.45, 2.75) is 0 Å². The molecule has 8 heteroatoms. The summed E-state index contributed by atoms with van der Waals surface area (Å²) in [5, 5.41) is 0. The van der Waals surface area contributed by atoms with Gasteiger partial charge in [-0.1, -0.05) is 0 Å². The van der Waals surface area contributed by atoms with Crippen molar-refractivity contribution in [1.29, 1.82) is 0 Å². The van der Waals surface area contributed by atoms with Crippen molar-refractivity contribution in [1.82, 2.24) is 0 Å². The molecule has 0 aliphatic carbocycles. The van der Waals surface area contributed by atoms with Crippen LogP contribution in [0.3, 0.4) is 0 Å². The predicted molar refractivity (Wildman–Crippen MR) is 13.9 cm³/mol. The van der Waals surface area contributed by atoms with E-state index in [0.29, 0.717) is 0 Å². The van der Waals surface area contributed by atoms with Crippen LogP contribution in [0.1, 0.15) is 0 Å². The number of halogens is 7. The van der Waals surface area contributed by atoms with Crippen molar-refractivity contribution in [3.63, 3.8) is 0 Å². The molecule has 0 aromatic carbocycles. The van der Waals surface area contributed by atoms with Gasteiger partial charge in [0.15, 0.2) is 0 Å². The first kappa shape index (κ1) is 11.5. The van der Waals surface area contributed by atoms with Gasteiger partial charge in [0.2, 0.25) is 0 Å². The van der Waals surface area contributed by atoms with Gasteiger partial charge in [-0.3, -0.25) is 0 Å². The fraction of sp³-hybridized carbons (Fsp3) is 0. The van der Waals surface area contributed by atoms with E-state index in [-0.39, 0.29) is 12.4 Å². The summed E-state index contributed by atoms with van der Waals surface area (Å²) in [4.78, 5) is 0. The first-order valence-corrected chi connectivity index (χ1v) is 6.71. The molecule has 0 amide bonds. The standard InChI is InChI=1S/ClH.6FH.Zr/h7*1H;/q;;;;;;;+6/p-6. The van der Waals surface area contributed by atoms with Crippen LogP contribution in [0.5, 0.6) is 0 Å². The minimum absolute atomic E-state index is 0. The fourth-order valence-electron chi connectivity index (χ4n) is 0. The summed E-state index contributed by atoms with van der Waals surface area (Å²) in [6.45, 7) is 0. The van der Waals surface area contributed by atoms with Crippen LogP contribution in [-0.4, -0.2) is 0 Å². The van der Waals surface area contributed by atoms with E-state index in [0.717, 1.165) is 0 Å². The molecule has 0 heterocycles. The topological polar surface area (TPSA) is 0 Å². The van der Waals surface area contributed by atoms with Crippen molar-refractivity contribution in [3.05, 3.63) is 0 Å². The van der Waals surface area contributed by atoms with Crippen LogP contribution in [0.25, 0.3) is 0 Å². The van der Waals surface area contributed by atoms with Gasteiger partial charge in [-0.15, -0.1) is 12.4 Å². The van der Waals surface area contributed by atoms with Gasteiger partial charge in [0, 0.05) is 0 Å². The Bertz CT molecular complexity index is 67.1. The molecule has 54 valence electrons. The maximum atomic E-state index is 9.93. The second-order valence-corrected chi connectivity index (χ2v) is 6.34. The van der Waals surface area contributed by atoms with Gasteiger partial charge >= 0.3 is 36.7 Å². The first-order chi connectivity index (χ1) is 2.45. The Morgan fingerprint density at radius 3 is 0.625 bits per heavy atom. The SMILES string of the molecule is Cl.[F][Zr]([F])([F])([F])([F])[F]. The van der Waals surface area contributed by atoms with E-state index in [4.69, 9.17) is 0 Å². The Hall–Kier alpha value is 0.753. The minimum atomic E-state index is -11.3. The van der Waals surface area contributed by atoms with Crippen molar-refractivity contribution in [2.75, 3.05) is 0 Å². The van der Waals surface area contributed by atoms with Gasteiger partial charge < -0.3 is 0 Å². The molecule has 0 unspecified atom stereocenters. The molecule has 0 radical (unpaired) electrons. The molecule has 0 nitrogen and oxygen atoms in total. The van der Waals surface area contributed by atoms with Gasteiger partial charge in [-0.25, -0.2) is 0 Å². The molecule has 0 atom stereocenters. The van der Waals surface area contributed by atoms with E-state index in [1.54, 1.807) is 0 Å². The van der Waals surface area contributed by atoms with Crippen LogP contribution in [0, 0.1) is 0 Å². The Kier molecular flexibility index (Phi) is 2.05. The molecular weight excluding hydrogens is 241 g/mol. The van der Waals surface area contributed by atoms with Crippen LogP contribution < -0.4 is 0 Å². The quantitative estimate of drug-likeness (QED) is 0.572. The van der Waals surface area contributed by atoms with Crippen LogP contribution >= 0.6 is 12.4 Å². The van der Waals surface area contributed by atoms with Crippen molar-refractivity contribution in [3.8, 4) is 0 Å². The molecular formula is HClF6Zr. The van der Waals surface area contributed by atoms with E-state index in [1.807, 2.05) is 0 Å². The molecule has 0 saturated carbocycles. The average molecular weight is 242 g/mol. The second kappa shape index (κ2) is 1.42. The summed E-state index contributed by atoms with van der Waals surface area (Å²) < 4.78 is 59.6. The van der Waals surface area contributed by atoms with Gasteiger partial charge in [0.05, 0.1) is 0 Å². The van der Waals surface area contributed by atoms with Gasteiger partial charge in [0.25, 0.3) is 0 Å². The molecule has 0 saturated heterocycles. The average Bonchev–Trinajstić information content (AvgIpc) is 0.592. The third-order valence-electron chi connectivity index (χ3n) is 0. The fourth-order valence-corrected chi connectivity index (χ4v) is 0. The van der Waals surface area contributed by atoms with Crippen molar-refractivity contribution >= 4 is 12.4 Å². The molecule has 0 aliphatic rings. The van der Waals surface area contributed by atoms with Crippen LogP contribution in [0.2, 0.25) is 0 Å². The number of hydrogen-bond acceptors (Lipinski definition) is 0. The zero-order valence-corrected chi connectivity index (χ0v) is 6.45. The molecule has 0 aromatic heterocycles. The first-order valence-electron chi connectivity index (χ1n) is 1.13. The molecule has 0 fully saturated rings. The molecule has 0 N–H and O–H groups in total. The van der Waals surface area contributed by atoms with Gasteiger partial charge in [0.1, 0.15) is 0 Å². The van der Waals surface area contributed by atoms with E-state index in [2.05, 4.69) is 0 Å². The monoisotopic (exact) mass is 240 g/mol. The van der Waals surface area contributed by atoms with E-state index >= 15 is 0 Å². The summed E-state index contributed by atoms with van der Waals surface area (Å²) in [7, 11) is 0. The molecule has 0 bridgehead atoms. The Balaban J connectivity index is 0. The third kappa shape index (κ3) is 394. The zero-order valence-electron chi connectivity index (χ0n) is 3.18. The zero-order chi connectivity index (χ0) is 6.41. The van der Waals surface area contributed by atoms with E-state index < -0.39 is 21.0 Å². The predicted octanol–water partition coefficient (Wildman–Crippen LogP) is 2.94. The summed E-state index contributed by atoms with van der Waals surface area (Å²) in [5.74, 6) is 0. The van der Waals surface area contributed by atoms with Crippen LogP contribution in [0.15, 0.2) is 0 Å². The summed E-state index contributed by atoms with van der Waals surface area (Å²) in [6.07, 6.45) is 0. The normalized spacial score (nSPS) is 20.2. The van der Waals surface area contributed by atoms with Crippen molar-refractivity contribution < 1.29 is 36.7 Å². The Morgan fingerprint density at radius 1 is 0.625 bits per heavy atom. The maximum absolute atomic E-state index is 11.3. The Labute approximate surface area is 49.4 Å². The summed E-state index contributed by atoms with van der Waals surface area (Å²) >= 11 is -11.3. The molecule has 0 rings (SSSR count). The molecule has 8 heavy (non-hydrogen) atoms. The van der Waals surface area contributed by atoms with E-state index in [9.17, 15) is 15.8 Å². The third-order valence-corrected chi connectivity index (χ3v) is 0. The summed E-state index contributed by atoms with van der Waals surface area (Å²) in [5.41, 5.74) is 0. The van der Waals surface area contributed by atoms with Crippen LogP contribution in [-0.2, 0) is 21.0 Å². The van der Waals surface area contributed by atoms with E-state index in [1.165, 1.54) is 0 Å². The second-order valence-electron chi connectivity index (χ2n) is 1.07. The number of hydrogen-bond donors (Lipinski definition) is 0. The van der Waals surface area contributed by atoms with Crippen LogP contribution in [0.4, 0.5) is 15.8 Å². The summed E-state index contributed by atoms with van der Waals surface area (Å²) in [6, 6.07) is 0. The van der Waals surface area contributed by atoms with Gasteiger partial charge in [-0.05, 0) is 0 Å². The molecule has 0 spiro atoms. The molecule has 0 aromatic rings. The number of rotatable bonds is 0.